The molecule has 1 unspecified atom stereocenters. The Morgan fingerprint density at radius 2 is 2.00 bits per heavy atom. The Morgan fingerprint density at radius 1 is 1.29 bits per heavy atom. The summed E-state index contributed by atoms with van der Waals surface area (Å²) in [6.07, 6.45) is -1.09. The molecular weight excluding hydrogens is 480 g/mol. The summed E-state index contributed by atoms with van der Waals surface area (Å²) in [6, 6.07) is 6.06. The predicted octanol–water partition coefficient (Wildman–Crippen LogP) is 3.24. The molecule has 0 bridgehead atoms. The predicted molar refractivity (Wildman–Crippen MR) is 125 cm³/mol. The van der Waals surface area contributed by atoms with Gasteiger partial charge in [0.15, 0.2) is 11.4 Å². The number of benzene rings is 1. The molecule has 35 heavy (non-hydrogen) atoms. The Balaban J connectivity index is 1.65. The number of alkyl halides is 2. The van der Waals surface area contributed by atoms with E-state index in [-0.39, 0.29) is 34.2 Å². The van der Waals surface area contributed by atoms with Crippen molar-refractivity contribution in [3.63, 3.8) is 0 Å². The minimum absolute atomic E-state index is 0.0369. The average molecular weight is 508 g/mol. The summed E-state index contributed by atoms with van der Waals surface area (Å²) in [5.74, 6) is -0.775. The van der Waals surface area contributed by atoms with Crippen LogP contribution in [0, 0.1) is 13.8 Å². The summed E-state index contributed by atoms with van der Waals surface area (Å²) in [7, 11) is -0.758. The van der Waals surface area contributed by atoms with Crippen molar-refractivity contribution in [2.75, 3.05) is 11.9 Å². The van der Waals surface area contributed by atoms with Crippen LogP contribution < -0.4 is 14.8 Å². The van der Waals surface area contributed by atoms with E-state index in [4.69, 9.17) is 4.74 Å². The van der Waals surface area contributed by atoms with Crippen molar-refractivity contribution in [3.05, 3.63) is 58.7 Å². The van der Waals surface area contributed by atoms with Gasteiger partial charge in [-0.05, 0) is 44.5 Å². The minimum atomic E-state index is -4.05. The molecule has 0 saturated heterocycles. The van der Waals surface area contributed by atoms with Gasteiger partial charge in [0.05, 0.1) is 11.2 Å². The molecule has 1 aliphatic rings. The number of nitrogens with one attached hydrogen (secondary N) is 2. The van der Waals surface area contributed by atoms with Crippen LogP contribution in [0.2, 0.25) is 0 Å². The lowest BCUT2D eigenvalue weighted by atomic mass is 9.98. The number of ether oxygens (including phenoxy) is 1. The largest absolute Gasteiger partial charge is 0.488 e. The molecule has 1 atom stereocenters. The van der Waals surface area contributed by atoms with Crippen molar-refractivity contribution in [3.8, 4) is 5.75 Å². The number of aromatic nitrogens is 3. The number of carbonyl (C=O) groups excluding carboxylic acids is 1. The zero-order valence-electron chi connectivity index (χ0n) is 20.0. The highest BCUT2D eigenvalue weighted by Crippen LogP contribution is 2.35. The smallest absolute Gasteiger partial charge is 0.276 e. The second-order valence-electron chi connectivity index (χ2n) is 9.14. The molecule has 0 aliphatic carbocycles. The lowest BCUT2D eigenvalue weighted by Gasteiger charge is -2.27. The molecule has 0 spiro atoms. The molecule has 188 valence electrons. The molecule has 2 aromatic heterocycles. The molecular formula is C23H27F2N5O4S. The van der Waals surface area contributed by atoms with E-state index in [2.05, 4.69) is 15.1 Å². The fraction of sp³-hybridized carbons (Fsp3) is 0.391. The fourth-order valence-electron chi connectivity index (χ4n) is 4.27. The first kappa shape index (κ1) is 24.9. The van der Waals surface area contributed by atoms with Crippen LogP contribution in [0.15, 0.2) is 35.4 Å². The molecule has 1 aliphatic heterocycles. The zero-order chi connectivity index (χ0) is 25.7. The summed E-state index contributed by atoms with van der Waals surface area (Å²) in [5, 5.41) is 6.88. The highest BCUT2D eigenvalue weighted by atomic mass is 32.2. The highest BCUT2D eigenvalue weighted by molar-refractivity contribution is 7.89. The van der Waals surface area contributed by atoms with Gasteiger partial charge in [-0.2, -0.15) is 5.10 Å². The number of nitrogens with zero attached hydrogens (tertiary/aromatic N) is 3. The fourth-order valence-corrected chi connectivity index (χ4v) is 5.86. The molecule has 3 aromatic rings. The van der Waals surface area contributed by atoms with Crippen molar-refractivity contribution in [2.45, 2.75) is 44.1 Å². The van der Waals surface area contributed by atoms with Gasteiger partial charge in [0.25, 0.3) is 12.3 Å². The van der Waals surface area contributed by atoms with Gasteiger partial charge in [0.1, 0.15) is 11.5 Å². The normalized spacial score (nSPS) is 19.2. The van der Waals surface area contributed by atoms with Crippen LogP contribution in [0.4, 0.5) is 14.5 Å². The van der Waals surface area contributed by atoms with Gasteiger partial charge in [-0.25, -0.2) is 21.9 Å². The van der Waals surface area contributed by atoms with Crippen LogP contribution in [0.5, 0.6) is 5.75 Å². The maximum atomic E-state index is 13.3. The lowest BCUT2D eigenvalue weighted by Crippen LogP contribution is -2.50. The van der Waals surface area contributed by atoms with E-state index in [0.29, 0.717) is 12.0 Å². The Hall–Kier alpha value is -3.25. The van der Waals surface area contributed by atoms with Crippen LogP contribution in [-0.2, 0) is 30.5 Å². The van der Waals surface area contributed by atoms with Gasteiger partial charge in [-0.15, -0.1) is 0 Å². The number of aryl methyl sites for hydroxylation is 4. The molecule has 0 radical (unpaired) electrons. The first-order chi connectivity index (χ1) is 16.3. The van der Waals surface area contributed by atoms with E-state index in [0.717, 1.165) is 11.4 Å². The topological polar surface area (TPSA) is 107 Å². The van der Waals surface area contributed by atoms with Gasteiger partial charge in [0.2, 0.25) is 10.0 Å². The van der Waals surface area contributed by atoms with E-state index in [1.54, 1.807) is 25.6 Å². The van der Waals surface area contributed by atoms with Gasteiger partial charge >= 0.3 is 0 Å². The molecule has 1 amide bonds. The number of rotatable bonds is 5. The van der Waals surface area contributed by atoms with Crippen LogP contribution >= 0.6 is 0 Å². The Morgan fingerprint density at radius 3 is 2.63 bits per heavy atom. The van der Waals surface area contributed by atoms with Gasteiger partial charge < -0.3 is 14.6 Å². The third-order valence-corrected chi connectivity index (χ3v) is 7.60. The van der Waals surface area contributed by atoms with Crippen molar-refractivity contribution in [1.82, 2.24) is 19.1 Å². The quantitative estimate of drug-likeness (QED) is 0.552. The standard InChI is InChI=1S/C23H27F2N5O4S/c1-13-6-7-15(9-17(13)21(24)25)26-22(31)19-20-18(11-29(19)4)35(32,33)28-23(3,12-34-20)10-16-8-14(2)27-30(16)5/h6-9,11,21,28H,10,12H2,1-5H3,(H,26,31). The van der Waals surface area contributed by atoms with E-state index >= 15 is 0 Å². The average Bonchev–Trinajstić information content (AvgIpc) is 3.22. The lowest BCUT2D eigenvalue weighted by molar-refractivity contribution is 0.101. The second-order valence-corrected chi connectivity index (χ2v) is 10.8. The summed E-state index contributed by atoms with van der Waals surface area (Å²) in [6.45, 7) is 5.07. The molecule has 4 rings (SSSR count). The van der Waals surface area contributed by atoms with E-state index in [1.165, 1.54) is 36.0 Å². The van der Waals surface area contributed by atoms with Gasteiger partial charge in [-0.1, -0.05) is 6.07 Å². The zero-order valence-corrected chi connectivity index (χ0v) is 20.8. The summed E-state index contributed by atoms with van der Waals surface area (Å²) in [5.41, 5.74) is 0.933. The molecule has 2 N–H and O–H groups in total. The Kier molecular flexibility index (Phi) is 6.22. The van der Waals surface area contributed by atoms with E-state index in [1.807, 2.05) is 13.0 Å². The van der Waals surface area contributed by atoms with Crippen LogP contribution in [0.25, 0.3) is 0 Å². The molecule has 0 saturated carbocycles. The Labute approximate surface area is 202 Å². The highest BCUT2D eigenvalue weighted by Gasteiger charge is 2.40. The number of fused-ring (bicyclic) bond motifs is 1. The molecule has 3 heterocycles. The monoisotopic (exact) mass is 507 g/mol. The van der Waals surface area contributed by atoms with Crippen LogP contribution in [-0.4, -0.2) is 40.8 Å². The first-order valence-corrected chi connectivity index (χ1v) is 12.3. The van der Waals surface area contributed by atoms with Gasteiger partial charge in [0, 0.05) is 43.7 Å². The minimum Gasteiger partial charge on any atom is -0.488 e. The molecule has 0 fully saturated rings. The summed E-state index contributed by atoms with van der Waals surface area (Å²) < 4.78 is 64.7. The summed E-state index contributed by atoms with van der Waals surface area (Å²) in [4.78, 5) is 13.0. The maximum Gasteiger partial charge on any atom is 0.276 e. The number of hydrogen-bond acceptors (Lipinski definition) is 5. The van der Waals surface area contributed by atoms with Crippen LogP contribution in [0.3, 0.4) is 0 Å². The van der Waals surface area contributed by atoms with Gasteiger partial charge in [-0.3, -0.25) is 9.48 Å². The van der Waals surface area contributed by atoms with E-state index in [9.17, 15) is 22.0 Å². The van der Waals surface area contributed by atoms with Crippen molar-refractivity contribution >= 4 is 21.6 Å². The number of sulfonamides is 1. The van der Waals surface area contributed by atoms with Crippen molar-refractivity contribution in [1.29, 1.82) is 0 Å². The van der Waals surface area contributed by atoms with E-state index < -0.39 is 27.9 Å². The molecule has 9 nitrogen and oxygen atoms in total. The maximum absolute atomic E-state index is 13.3. The molecule has 1 aromatic carbocycles. The van der Waals surface area contributed by atoms with Crippen molar-refractivity contribution in [2.24, 2.45) is 14.1 Å². The number of halogens is 2. The number of amides is 1. The number of hydrogen-bond donors (Lipinski definition) is 2. The number of carbonyl (C=O) groups is 1. The summed E-state index contributed by atoms with van der Waals surface area (Å²) >= 11 is 0. The second kappa shape index (κ2) is 8.76. The molecule has 12 heteroatoms. The third kappa shape index (κ3) is 4.80. The first-order valence-electron chi connectivity index (χ1n) is 10.9. The van der Waals surface area contributed by atoms with Crippen molar-refractivity contribution < 1.29 is 26.7 Å². The third-order valence-electron chi connectivity index (χ3n) is 5.97. The van der Waals surface area contributed by atoms with Crippen LogP contribution in [0.1, 0.15) is 46.4 Å². The SMILES string of the molecule is Cc1cc(CC2(C)COc3c(cn(C)c3C(=O)Nc3ccc(C)c(C(F)F)c3)S(=O)(=O)N2)n(C)n1. The number of anilines is 1. The Bertz CT molecular complexity index is 1410.